The molecule has 1 heterocycles. The monoisotopic (exact) mass is 469 g/mol. The number of rotatable bonds is 6. The van der Waals surface area contributed by atoms with Crippen molar-refractivity contribution in [1.29, 1.82) is 0 Å². The molecule has 3 aromatic rings. The van der Waals surface area contributed by atoms with Crippen molar-refractivity contribution in [2.75, 3.05) is 16.2 Å². The summed E-state index contributed by atoms with van der Waals surface area (Å²) in [5.41, 5.74) is 0.483. The summed E-state index contributed by atoms with van der Waals surface area (Å²) >= 11 is 13.7. The lowest BCUT2D eigenvalue weighted by Crippen LogP contribution is -2.31. The Morgan fingerprint density at radius 2 is 1.86 bits per heavy atom. The standard InChI is InChI=1S/C19H17Cl2N3O3S2/c1-3-24(13-7-5-4-6-8-13)29(26,27)17-9-14(15(20)10-16(17)21)18(25)23-19-22-11-12(2)28-19/h4-11H,3H2,1-2H3,(H,22,23,25). The van der Waals surface area contributed by atoms with Crippen LogP contribution < -0.4 is 9.62 Å². The number of aromatic nitrogens is 1. The first-order valence-electron chi connectivity index (χ1n) is 8.54. The Hall–Kier alpha value is -2.13. The van der Waals surface area contributed by atoms with Gasteiger partial charge in [0.15, 0.2) is 5.13 Å². The molecule has 1 N–H and O–H groups in total. The highest BCUT2D eigenvalue weighted by molar-refractivity contribution is 7.93. The topological polar surface area (TPSA) is 79.4 Å². The van der Waals surface area contributed by atoms with Crippen molar-refractivity contribution in [3.05, 3.63) is 69.1 Å². The van der Waals surface area contributed by atoms with Gasteiger partial charge in [0.25, 0.3) is 15.9 Å². The Kier molecular flexibility index (Phi) is 6.48. The van der Waals surface area contributed by atoms with E-state index in [1.807, 2.05) is 6.92 Å². The molecule has 0 bridgehead atoms. The van der Waals surface area contributed by atoms with Crippen molar-refractivity contribution < 1.29 is 13.2 Å². The van der Waals surface area contributed by atoms with Gasteiger partial charge < -0.3 is 0 Å². The summed E-state index contributed by atoms with van der Waals surface area (Å²) in [5.74, 6) is -0.569. The Morgan fingerprint density at radius 3 is 2.45 bits per heavy atom. The number of benzene rings is 2. The molecule has 1 aromatic heterocycles. The van der Waals surface area contributed by atoms with E-state index in [9.17, 15) is 13.2 Å². The van der Waals surface area contributed by atoms with Crippen LogP contribution in [0.5, 0.6) is 0 Å². The van der Waals surface area contributed by atoms with E-state index >= 15 is 0 Å². The highest BCUT2D eigenvalue weighted by Crippen LogP contribution is 2.33. The number of nitrogens with one attached hydrogen (secondary N) is 1. The molecule has 0 atom stereocenters. The second kappa shape index (κ2) is 8.71. The summed E-state index contributed by atoms with van der Waals surface area (Å²) in [6.45, 7) is 3.76. The quantitative estimate of drug-likeness (QED) is 0.536. The molecule has 152 valence electrons. The van der Waals surface area contributed by atoms with Crippen molar-refractivity contribution in [2.24, 2.45) is 0 Å². The predicted octanol–water partition coefficient (Wildman–Crippen LogP) is 5.23. The maximum absolute atomic E-state index is 13.3. The normalized spacial score (nSPS) is 11.3. The molecular weight excluding hydrogens is 453 g/mol. The number of amides is 1. The van der Waals surface area contributed by atoms with E-state index in [0.29, 0.717) is 10.8 Å². The average Bonchev–Trinajstić information content (AvgIpc) is 3.07. The minimum absolute atomic E-state index is 0.00777. The molecule has 0 unspecified atom stereocenters. The first kappa shape index (κ1) is 21.6. The van der Waals surface area contributed by atoms with Gasteiger partial charge in [-0.05, 0) is 38.1 Å². The fourth-order valence-corrected chi connectivity index (χ4v) is 5.65. The number of halogens is 2. The number of para-hydroxylation sites is 1. The molecule has 0 radical (unpaired) electrons. The molecule has 0 spiro atoms. The van der Waals surface area contributed by atoms with Crippen LogP contribution in [0.2, 0.25) is 10.0 Å². The van der Waals surface area contributed by atoms with Gasteiger partial charge in [0.05, 0.1) is 21.3 Å². The average molecular weight is 470 g/mol. The van der Waals surface area contributed by atoms with Crippen molar-refractivity contribution in [3.8, 4) is 0 Å². The van der Waals surface area contributed by atoms with Gasteiger partial charge >= 0.3 is 0 Å². The lowest BCUT2D eigenvalue weighted by atomic mass is 10.2. The molecule has 0 aliphatic carbocycles. The number of hydrogen-bond acceptors (Lipinski definition) is 5. The van der Waals surface area contributed by atoms with Crippen LogP contribution in [0.15, 0.2) is 53.6 Å². The van der Waals surface area contributed by atoms with E-state index < -0.39 is 15.9 Å². The Bertz CT molecular complexity index is 1150. The fraction of sp³-hybridized carbons (Fsp3) is 0.158. The van der Waals surface area contributed by atoms with Gasteiger partial charge in [-0.1, -0.05) is 41.4 Å². The molecule has 29 heavy (non-hydrogen) atoms. The van der Waals surface area contributed by atoms with Crippen molar-refractivity contribution in [1.82, 2.24) is 4.98 Å². The lowest BCUT2D eigenvalue weighted by Gasteiger charge is -2.24. The van der Waals surface area contributed by atoms with Gasteiger partial charge in [-0.15, -0.1) is 11.3 Å². The molecule has 3 rings (SSSR count). The molecule has 0 aliphatic rings. The Morgan fingerprint density at radius 1 is 1.17 bits per heavy atom. The molecule has 6 nitrogen and oxygen atoms in total. The number of aryl methyl sites for hydroxylation is 1. The number of hydrogen-bond donors (Lipinski definition) is 1. The minimum atomic E-state index is -4.03. The molecule has 2 aromatic carbocycles. The van der Waals surface area contributed by atoms with Gasteiger partial charge in [-0.2, -0.15) is 0 Å². The second-order valence-electron chi connectivity index (χ2n) is 6.00. The smallest absolute Gasteiger partial charge is 0.265 e. The van der Waals surface area contributed by atoms with Crippen LogP contribution in [0.1, 0.15) is 22.2 Å². The summed E-state index contributed by atoms with van der Waals surface area (Å²) in [7, 11) is -4.03. The van der Waals surface area contributed by atoms with Crippen molar-refractivity contribution >= 4 is 61.3 Å². The number of sulfonamides is 1. The number of thiazole rings is 1. The highest BCUT2D eigenvalue weighted by atomic mass is 35.5. The third-order valence-corrected chi connectivity index (χ3v) is 7.52. The van der Waals surface area contributed by atoms with E-state index in [2.05, 4.69) is 10.3 Å². The zero-order valence-electron chi connectivity index (χ0n) is 15.5. The van der Waals surface area contributed by atoms with Gasteiger partial charge in [0, 0.05) is 17.6 Å². The Labute approximate surface area is 183 Å². The molecule has 0 saturated carbocycles. The SMILES string of the molecule is CCN(c1ccccc1)S(=O)(=O)c1cc(C(=O)Nc2ncc(C)s2)c(Cl)cc1Cl. The highest BCUT2D eigenvalue weighted by Gasteiger charge is 2.28. The van der Waals surface area contributed by atoms with Crippen LogP contribution in [0, 0.1) is 6.92 Å². The summed E-state index contributed by atoms with van der Waals surface area (Å²) in [6, 6.07) is 11.1. The van der Waals surface area contributed by atoms with Gasteiger partial charge in [0.1, 0.15) is 4.90 Å². The largest absolute Gasteiger partial charge is 0.298 e. The zero-order chi connectivity index (χ0) is 21.2. The third kappa shape index (κ3) is 4.56. The van der Waals surface area contributed by atoms with Crippen molar-refractivity contribution in [2.45, 2.75) is 18.7 Å². The Balaban J connectivity index is 2.03. The minimum Gasteiger partial charge on any atom is -0.298 e. The molecule has 1 amide bonds. The van der Waals surface area contributed by atoms with Crippen molar-refractivity contribution in [3.63, 3.8) is 0 Å². The van der Waals surface area contributed by atoms with Crippen LogP contribution in [-0.2, 0) is 10.0 Å². The van der Waals surface area contributed by atoms with Gasteiger partial charge in [-0.25, -0.2) is 13.4 Å². The van der Waals surface area contributed by atoms with E-state index in [1.54, 1.807) is 43.5 Å². The van der Waals surface area contributed by atoms with Gasteiger partial charge in [-0.3, -0.25) is 14.4 Å². The number of nitrogens with zero attached hydrogens (tertiary/aromatic N) is 2. The van der Waals surface area contributed by atoms with E-state index in [1.165, 1.54) is 27.8 Å². The number of carbonyl (C=O) groups excluding carboxylic acids is 1. The third-order valence-electron chi connectivity index (χ3n) is 4.01. The summed E-state index contributed by atoms with van der Waals surface area (Å²) in [4.78, 5) is 17.5. The molecule has 0 fully saturated rings. The van der Waals surface area contributed by atoms with E-state index in [-0.39, 0.29) is 27.0 Å². The number of carbonyl (C=O) groups is 1. The fourth-order valence-electron chi connectivity index (χ4n) is 2.68. The van der Waals surface area contributed by atoms with Crippen LogP contribution in [0.25, 0.3) is 0 Å². The second-order valence-corrected chi connectivity index (χ2v) is 9.88. The maximum atomic E-state index is 13.3. The maximum Gasteiger partial charge on any atom is 0.265 e. The van der Waals surface area contributed by atoms with Crippen LogP contribution in [-0.4, -0.2) is 25.9 Å². The summed E-state index contributed by atoms with van der Waals surface area (Å²) in [5, 5.41) is 3.00. The summed E-state index contributed by atoms with van der Waals surface area (Å²) in [6.07, 6.45) is 1.62. The van der Waals surface area contributed by atoms with E-state index in [4.69, 9.17) is 23.2 Å². The summed E-state index contributed by atoms with van der Waals surface area (Å²) < 4.78 is 27.8. The molecule has 0 aliphatic heterocycles. The van der Waals surface area contributed by atoms with Crippen LogP contribution in [0.4, 0.5) is 10.8 Å². The zero-order valence-corrected chi connectivity index (χ0v) is 18.7. The predicted molar refractivity (Wildman–Crippen MR) is 118 cm³/mol. The van der Waals surface area contributed by atoms with Gasteiger partial charge in [0.2, 0.25) is 0 Å². The first-order chi connectivity index (χ1) is 13.7. The van der Waals surface area contributed by atoms with E-state index in [0.717, 1.165) is 4.88 Å². The first-order valence-corrected chi connectivity index (χ1v) is 11.6. The molecule has 0 saturated heterocycles. The molecule has 10 heteroatoms. The molecular formula is C19H17Cl2N3O3S2. The van der Waals surface area contributed by atoms with Crippen LogP contribution >= 0.6 is 34.5 Å². The lowest BCUT2D eigenvalue weighted by molar-refractivity contribution is 0.102. The van der Waals surface area contributed by atoms with Crippen LogP contribution in [0.3, 0.4) is 0 Å². The number of anilines is 2.